The van der Waals surface area contributed by atoms with Crippen LogP contribution in [0.4, 0.5) is 0 Å². The van der Waals surface area contributed by atoms with Crippen molar-refractivity contribution in [3.63, 3.8) is 0 Å². The summed E-state index contributed by atoms with van der Waals surface area (Å²) in [5, 5.41) is 1.34. The second-order valence-corrected chi connectivity index (χ2v) is 5.19. The van der Waals surface area contributed by atoms with Gasteiger partial charge in [-0.2, -0.15) is 4.98 Å². The van der Waals surface area contributed by atoms with Gasteiger partial charge >= 0.3 is 0 Å². The molecule has 0 saturated heterocycles. The van der Waals surface area contributed by atoms with Gasteiger partial charge in [-0.3, -0.25) is 4.79 Å². The third-order valence-corrected chi connectivity index (χ3v) is 4.04. The highest BCUT2D eigenvalue weighted by molar-refractivity contribution is 7.99. The fourth-order valence-corrected chi connectivity index (χ4v) is 2.82. The Labute approximate surface area is 122 Å². The quantitative estimate of drug-likeness (QED) is 0.480. The molecule has 1 aromatic heterocycles. The standard InChI is InChI=1S/C16H16N2OS/c1-4-8-12(5-2)11-20-16-17-15(19)13-9-6-7-10-14(13)18(16)3/h4-10H,1-2,11H2,3H3/b12-8+. The van der Waals surface area contributed by atoms with Crippen molar-refractivity contribution in [2.75, 3.05) is 5.75 Å². The number of aryl methyl sites for hydroxylation is 1. The van der Waals surface area contributed by atoms with Crippen molar-refractivity contribution < 1.29 is 0 Å². The molecule has 4 heteroatoms. The first-order chi connectivity index (χ1) is 9.67. The van der Waals surface area contributed by atoms with Crippen molar-refractivity contribution >= 4 is 22.7 Å². The molecule has 0 spiro atoms. The van der Waals surface area contributed by atoms with Crippen molar-refractivity contribution in [1.82, 2.24) is 9.55 Å². The van der Waals surface area contributed by atoms with E-state index in [1.807, 2.05) is 35.9 Å². The van der Waals surface area contributed by atoms with E-state index in [-0.39, 0.29) is 5.56 Å². The molecule has 20 heavy (non-hydrogen) atoms. The van der Waals surface area contributed by atoms with Crippen LogP contribution in [0.3, 0.4) is 0 Å². The Morgan fingerprint density at radius 1 is 1.40 bits per heavy atom. The average Bonchev–Trinajstić information content (AvgIpc) is 2.48. The SMILES string of the molecule is C=C/C=C(\C=C)CSc1nc(=O)c2ccccc2n1C. The molecule has 0 aliphatic heterocycles. The summed E-state index contributed by atoms with van der Waals surface area (Å²) in [6, 6.07) is 7.49. The predicted molar refractivity (Wildman–Crippen MR) is 86.2 cm³/mol. The summed E-state index contributed by atoms with van der Waals surface area (Å²) in [6.07, 6.45) is 5.41. The lowest BCUT2D eigenvalue weighted by molar-refractivity contribution is 0.766. The van der Waals surface area contributed by atoms with Gasteiger partial charge in [0.15, 0.2) is 5.16 Å². The number of para-hydroxylation sites is 1. The van der Waals surface area contributed by atoms with Crippen LogP contribution in [-0.2, 0) is 7.05 Å². The summed E-state index contributed by atoms with van der Waals surface area (Å²) in [5.41, 5.74) is 1.75. The van der Waals surface area contributed by atoms with Crippen molar-refractivity contribution in [2.45, 2.75) is 5.16 Å². The normalized spacial score (nSPS) is 11.6. The van der Waals surface area contributed by atoms with Gasteiger partial charge in [0, 0.05) is 12.8 Å². The molecule has 1 aromatic carbocycles. The lowest BCUT2D eigenvalue weighted by Gasteiger charge is -2.10. The van der Waals surface area contributed by atoms with E-state index in [9.17, 15) is 4.79 Å². The Balaban J connectivity index is 2.38. The molecule has 0 unspecified atom stereocenters. The van der Waals surface area contributed by atoms with Crippen LogP contribution in [0.1, 0.15) is 0 Å². The summed E-state index contributed by atoms with van der Waals surface area (Å²) in [4.78, 5) is 16.2. The molecule has 2 aromatic rings. The number of benzene rings is 1. The largest absolute Gasteiger partial charge is 0.323 e. The van der Waals surface area contributed by atoms with E-state index < -0.39 is 0 Å². The molecule has 0 aliphatic carbocycles. The van der Waals surface area contributed by atoms with Gasteiger partial charge in [0.25, 0.3) is 5.56 Å². The minimum atomic E-state index is -0.186. The maximum atomic E-state index is 12.0. The molecule has 0 amide bonds. The Hall–Kier alpha value is -2.07. The van der Waals surface area contributed by atoms with Crippen molar-refractivity contribution in [2.24, 2.45) is 7.05 Å². The van der Waals surface area contributed by atoms with Crippen LogP contribution in [0.2, 0.25) is 0 Å². The van der Waals surface area contributed by atoms with Gasteiger partial charge in [-0.25, -0.2) is 0 Å². The number of hydrogen-bond acceptors (Lipinski definition) is 3. The third-order valence-electron chi connectivity index (χ3n) is 2.94. The maximum absolute atomic E-state index is 12.0. The number of rotatable bonds is 5. The van der Waals surface area contributed by atoms with Crippen LogP contribution in [-0.4, -0.2) is 15.3 Å². The molecular formula is C16H16N2OS. The molecule has 2 rings (SSSR count). The predicted octanol–water partition coefficient (Wildman–Crippen LogP) is 3.32. The van der Waals surface area contributed by atoms with E-state index in [0.717, 1.165) is 11.1 Å². The zero-order valence-electron chi connectivity index (χ0n) is 11.4. The molecule has 3 nitrogen and oxygen atoms in total. The monoisotopic (exact) mass is 284 g/mol. The number of fused-ring (bicyclic) bond motifs is 1. The van der Waals surface area contributed by atoms with E-state index >= 15 is 0 Å². The molecule has 0 aliphatic rings. The molecule has 102 valence electrons. The molecule has 0 fully saturated rings. The van der Waals surface area contributed by atoms with Crippen LogP contribution in [0.25, 0.3) is 10.9 Å². The minimum absolute atomic E-state index is 0.186. The van der Waals surface area contributed by atoms with Crippen molar-refractivity contribution in [1.29, 1.82) is 0 Å². The molecule has 0 N–H and O–H groups in total. The van der Waals surface area contributed by atoms with E-state index in [1.54, 1.807) is 18.2 Å². The molecule has 1 heterocycles. The maximum Gasteiger partial charge on any atom is 0.281 e. The zero-order valence-corrected chi connectivity index (χ0v) is 12.2. The Morgan fingerprint density at radius 2 is 2.15 bits per heavy atom. The minimum Gasteiger partial charge on any atom is -0.323 e. The Bertz CT molecular complexity index is 744. The van der Waals surface area contributed by atoms with E-state index in [1.165, 1.54) is 11.8 Å². The summed E-state index contributed by atoms with van der Waals surface area (Å²) >= 11 is 1.51. The van der Waals surface area contributed by atoms with E-state index in [2.05, 4.69) is 18.1 Å². The first-order valence-corrected chi connectivity index (χ1v) is 7.18. The van der Waals surface area contributed by atoms with Crippen LogP contribution in [0.15, 0.2) is 71.2 Å². The molecule has 0 radical (unpaired) electrons. The summed E-state index contributed by atoms with van der Waals surface area (Å²) in [7, 11) is 1.92. The topological polar surface area (TPSA) is 34.9 Å². The highest BCUT2D eigenvalue weighted by Crippen LogP contribution is 2.20. The van der Waals surface area contributed by atoms with Gasteiger partial charge in [0.05, 0.1) is 10.9 Å². The van der Waals surface area contributed by atoms with E-state index in [0.29, 0.717) is 16.3 Å². The van der Waals surface area contributed by atoms with E-state index in [4.69, 9.17) is 0 Å². The van der Waals surface area contributed by atoms with Crippen LogP contribution < -0.4 is 5.56 Å². The van der Waals surface area contributed by atoms with Gasteiger partial charge < -0.3 is 4.57 Å². The van der Waals surface area contributed by atoms with Crippen molar-refractivity contribution in [3.8, 4) is 0 Å². The lowest BCUT2D eigenvalue weighted by atomic mass is 10.2. The van der Waals surface area contributed by atoms with Gasteiger partial charge in [-0.15, -0.1) is 0 Å². The van der Waals surface area contributed by atoms with Gasteiger partial charge in [0.1, 0.15) is 0 Å². The average molecular weight is 284 g/mol. The Morgan fingerprint density at radius 3 is 2.85 bits per heavy atom. The fraction of sp³-hybridized carbons (Fsp3) is 0.125. The summed E-state index contributed by atoms with van der Waals surface area (Å²) in [5.74, 6) is 0.703. The fourth-order valence-electron chi connectivity index (χ4n) is 1.88. The van der Waals surface area contributed by atoms with Crippen LogP contribution in [0.5, 0.6) is 0 Å². The lowest BCUT2D eigenvalue weighted by Crippen LogP contribution is -2.14. The first kappa shape index (κ1) is 14.3. The Kier molecular flexibility index (Phi) is 4.58. The second kappa shape index (κ2) is 6.39. The smallest absolute Gasteiger partial charge is 0.281 e. The molecule has 0 bridgehead atoms. The van der Waals surface area contributed by atoms with Crippen LogP contribution in [0, 0.1) is 0 Å². The number of thioether (sulfide) groups is 1. The number of allylic oxidation sites excluding steroid dienone is 3. The third kappa shape index (κ3) is 2.91. The number of hydrogen-bond donors (Lipinski definition) is 0. The number of aromatic nitrogens is 2. The summed E-state index contributed by atoms with van der Waals surface area (Å²) in [6.45, 7) is 7.44. The molecular weight excluding hydrogens is 268 g/mol. The molecule has 0 atom stereocenters. The van der Waals surface area contributed by atoms with Gasteiger partial charge in [-0.05, 0) is 17.7 Å². The van der Waals surface area contributed by atoms with Gasteiger partial charge in [-0.1, -0.05) is 55.3 Å². The first-order valence-electron chi connectivity index (χ1n) is 6.20. The highest BCUT2D eigenvalue weighted by Gasteiger charge is 2.08. The zero-order chi connectivity index (χ0) is 14.5. The van der Waals surface area contributed by atoms with Crippen LogP contribution >= 0.6 is 11.8 Å². The number of nitrogens with zero attached hydrogens (tertiary/aromatic N) is 2. The second-order valence-electron chi connectivity index (χ2n) is 4.25. The summed E-state index contributed by atoms with van der Waals surface area (Å²) < 4.78 is 1.94. The van der Waals surface area contributed by atoms with Crippen molar-refractivity contribution in [3.05, 3.63) is 71.6 Å². The highest BCUT2D eigenvalue weighted by atomic mass is 32.2. The molecule has 0 saturated carbocycles. The van der Waals surface area contributed by atoms with Gasteiger partial charge in [0.2, 0.25) is 0 Å².